The number of nitrogens with one attached hydrogen (secondary N) is 1. The number of benzene rings is 1. The van der Waals surface area contributed by atoms with Crippen LogP contribution in [0, 0.1) is 17.8 Å². The first-order chi connectivity index (χ1) is 17.3. The first-order valence-corrected chi connectivity index (χ1v) is 13.5. The maximum absolute atomic E-state index is 13.4. The molecule has 208 valence electrons. The topological polar surface area (TPSA) is 86.3 Å². The van der Waals surface area contributed by atoms with E-state index in [1.165, 1.54) is 11.1 Å². The van der Waals surface area contributed by atoms with Crippen LogP contribution >= 0.6 is 0 Å². The summed E-state index contributed by atoms with van der Waals surface area (Å²) in [5.74, 6) is 1.59. The Balaban J connectivity index is 1.84. The quantitative estimate of drug-likeness (QED) is 0.478. The van der Waals surface area contributed by atoms with Crippen LogP contribution in [0.5, 0.6) is 11.5 Å². The van der Waals surface area contributed by atoms with Gasteiger partial charge in [-0.2, -0.15) is 0 Å². The molecule has 1 saturated heterocycles. The molecule has 1 fully saturated rings. The van der Waals surface area contributed by atoms with Crippen molar-refractivity contribution in [1.29, 1.82) is 0 Å². The van der Waals surface area contributed by atoms with Gasteiger partial charge in [-0.25, -0.2) is 9.59 Å². The summed E-state index contributed by atoms with van der Waals surface area (Å²) in [4.78, 5) is 28.4. The number of carbonyl (C=O) groups is 2. The number of alkyl carbamates (subject to hydrolysis) is 1. The first kappa shape index (κ1) is 29.1. The minimum atomic E-state index is -0.782. The molecule has 0 aliphatic carbocycles. The summed E-state index contributed by atoms with van der Waals surface area (Å²) in [6, 6.07) is 3.50. The highest BCUT2D eigenvalue weighted by molar-refractivity contribution is 5.81. The summed E-state index contributed by atoms with van der Waals surface area (Å²) >= 11 is 0. The SMILES string of the molecule is COc1cc2c(cc1OC)C1CC(OC(=O)[C@H](NC(=O)OC(C)(C)C)C(C)C)C(CC(C)C)CN1CC2. The molecule has 2 aliphatic heterocycles. The van der Waals surface area contributed by atoms with Gasteiger partial charge in [-0.05, 0) is 68.7 Å². The number of hydrogen-bond donors (Lipinski definition) is 1. The van der Waals surface area contributed by atoms with E-state index in [-0.39, 0.29) is 24.0 Å². The number of carbonyl (C=O) groups excluding carboxylic acids is 2. The van der Waals surface area contributed by atoms with Crippen molar-refractivity contribution in [3.8, 4) is 11.5 Å². The molecule has 1 aromatic rings. The van der Waals surface area contributed by atoms with Crippen LogP contribution < -0.4 is 14.8 Å². The van der Waals surface area contributed by atoms with Crippen molar-refractivity contribution in [2.24, 2.45) is 17.8 Å². The lowest BCUT2D eigenvalue weighted by Gasteiger charge is -2.47. The Kier molecular flexibility index (Phi) is 9.37. The molecule has 1 N–H and O–H groups in total. The van der Waals surface area contributed by atoms with Gasteiger partial charge >= 0.3 is 12.1 Å². The summed E-state index contributed by atoms with van der Waals surface area (Å²) in [7, 11) is 3.31. The molecule has 3 rings (SSSR count). The van der Waals surface area contributed by atoms with Crippen LogP contribution in [-0.4, -0.2) is 62.0 Å². The molecule has 0 aromatic heterocycles. The normalized spacial score (nSPS) is 22.6. The van der Waals surface area contributed by atoms with Crippen molar-refractivity contribution in [1.82, 2.24) is 10.2 Å². The molecular weight excluding hydrogens is 472 g/mol. The molecule has 1 aromatic carbocycles. The highest BCUT2D eigenvalue weighted by Gasteiger charge is 2.42. The molecule has 2 heterocycles. The van der Waals surface area contributed by atoms with Gasteiger partial charge in [0.1, 0.15) is 17.7 Å². The molecule has 0 spiro atoms. The number of methoxy groups -OCH3 is 2. The largest absolute Gasteiger partial charge is 0.493 e. The van der Waals surface area contributed by atoms with Crippen LogP contribution in [0.3, 0.4) is 0 Å². The predicted molar refractivity (Wildman–Crippen MR) is 143 cm³/mol. The minimum Gasteiger partial charge on any atom is -0.493 e. The molecule has 1 amide bonds. The third-order valence-electron chi connectivity index (χ3n) is 7.20. The van der Waals surface area contributed by atoms with Gasteiger partial charge in [0, 0.05) is 31.5 Å². The van der Waals surface area contributed by atoms with Crippen LogP contribution in [0.2, 0.25) is 0 Å². The van der Waals surface area contributed by atoms with E-state index in [1.54, 1.807) is 35.0 Å². The Labute approximate surface area is 222 Å². The van der Waals surface area contributed by atoms with Gasteiger partial charge < -0.3 is 24.3 Å². The molecule has 2 aliphatic rings. The number of esters is 1. The van der Waals surface area contributed by atoms with E-state index in [0.717, 1.165) is 31.7 Å². The second-order valence-corrected chi connectivity index (χ2v) is 12.1. The van der Waals surface area contributed by atoms with E-state index in [1.807, 2.05) is 13.8 Å². The van der Waals surface area contributed by atoms with Crippen molar-refractivity contribution in [3.63, 3.8) is 0 Å². The fourth-order valence-corrected chi connectivity index (χ4v) is 5.54. The summed E-state index contributed by atoms with van der Waals surface area (Å²) in [5.41, 5.74) is 1.81. The molecule has 3 unspecified atom stereocenters. The summed E-state index contributed by atoms with van der Waals surface area (Å²) in [6.45, 7) is 15.4. The third kappa shape index (κ3) is 7.30. The Morgan fingerprint density at radius 1 is 1.08 bits per heavy atom. The molecule has 0 radical (unpaired) electrons. The van der Waals surface area contributed by atoms with E-state index >= 15 is 0 Å². The first-order valence-electron chi connectivity index (χ1n) is 13.5. The highest BCUT2D eigenvalue weighted by atomic mass is 16.6. The Morgan fingerprint density at radius 3 is 2.30 bits per heavy atom. The number of piperidine rings is 1. The molecule has 0 saturated carbocycles. The second kappa shape index (κ2) is 11.9. The van der Waals surface area contributed by atoms with Crippen molar-refractivity contribution in [2.45, 2.75) is 91.5 Å². The predicted octanol–water partition coefficient (Wildman–Crippen LogP) is 5.13. The van der Waals surface area contributed by atoms with Gasteiger partial charge in [-0.1, -0.05) is 27.7 Å². The van der Waals surface area contributed by atoms with Gasteiger partial charge in [-0.3, -0.25) is 4.90 Å². The van der Waals surface area contributed by atoms with Crippen molar-refractivity contribution >= 4 is 12.1 Å². The van der Waals surface area contributed by atoms with Crippen molar-refractivity contribution < 1.29 is 28.5 Å². The number of rotatable bonds is 8. The Bertz CT molecular complexity index is 954. The number of ether oxygens (including phenoxy) is 4. The lowest BCUT2D eigenvalue weighted by Crippen LogP contribution is -2.52. The van der Waals surface area contributed by atoms with Gasteiger partial charge in [-0.15, -0.1) is 0 Å². The van der Waals surface area contributed by atoms with Crippen LogP contribution in [0.4, 0.5) is 4.79 Å². The standard InChI is InChI=1S/C29H46N2O6/c1-17(2)12-20-16-31-11-10-19-13-24(34-8)25(35-9)14-21(19)22(31)15-23(20)36-27(32)26(18(3)4)30-28(33)37-29(5,6)7/h13-14,17-18,20,22-23,26H,10-12,15-16H2,1-9H3,(H,30,33)/t20?,22?,23?,26-/m1/s1. The van der Waals surface area contributed by atoms with Crippen LogP contribution in [0.1, 0.15) is 78.5 Å². The zero-order chi connectivity index (χ0) is 27.5. The van der Waals surface area contributed by atoms with Gasteiger partial charge in [0.15, 0.2) is 11.5 Å². The lowest BCUT2D eigenvalue weighted by molar-refractivity contribution is -0.161. The lowest BCUT2D eigenvalue weighted by atomic mass is 9.79. The van der Waals surface area contributed by atoms with Crippen LogP contribution in [0.25, 0.3) is 0 Å². The average molecular weight is 519 g/mol. The van der Waals surface area contributed by atoms with E-state index < -0.39 is 23.7 Å². The summed E-state index contributed by atoms with van der Waals surface area (Å²) in [6.07, 6.45) is 1.74. The molecule has 37 heavy (non-hydrogen) atoms. The molecule has 8 heteroatoms. The average Bonchev–Trinajstić information content (AvgIpc) is 2.80. The second-order valence-electron chi connectivity index (χ2n) is 12.1. The Morgan fingerprint density at radius 2 is 1.73 bits per heavy atom. The summed E-state index contributed by atoms with van der Waals surface area (Å²) in [5, 5.41) is 2.74. The van der Waals surface area contributed by atoms with Crippen molar-refractivity contribution in [2.75, 3.05) is 27.3 Å². The Hall–Kier alpha value is -2.48. The van der Waals surface area contributed by atoms with Gasteiger partial charge in [0.25, 0.3) is 0 Å². The van der Waals surface area contributed by atoms with Crippen LogP contribution in [0.15, 0.2) is 12.1 Å². The maximum atomic E-state index is 13.4. The van der Waals surface area contributed by atoms with Crippen LogP contribution in [-0.2, 0) is 20.7 Å². The van der Waals surface area contributed by atoms with E-state index in [4.69, 9.17) is 18.9 Å². The number of hydrogen-bond acceptors (Lipinski definition) is 7. The van der Waals surface area contributed by atoms with E-state index in [0.29, 0.717) is 18.1 Å². The van der Waals surface area contributed by atoms with Gasteiger partial charge in [0.2, 0.25) is 0 Å². The highest BCUT2D eigenvalue weighted by Crippen LogP contribution is 2.44. The molecule has 8 nitrogen and oxygen atoms in total. The monoisotopic (exact) mass is 518 g/mol. The molecule has 0 bridgehead atoms. The zero-order valence-corrected chi connectivity index (χ0v) is 24.1. The third-order valence-corrected chi connectivity index (χ3v) is 7.20. The van der Waals surface area contributed by atoms with Crippen molar-refractivity contribution in [3.05, 3.63) is 23.3 Å². The van der Waals surface area contributed by atoms with E-state index in [9.17, 15) is 9.59 Å². The number of fused-ring (bicyclic) bond motifs is 3. The maximum Gasteiger partial charge on any atom is 0.408 e. The van der Waals surface area contributed by atoms with E-state index in [2.05, 4.69) is 36.2 Å². The molecular formula is C29H46N2O6. The fourth-order valence-electron chi connectivity index (χ4n) is 5.54. The summed E-state index contributed by atoms with van der Waals surface area (Å²) < 4.78 is 22.8. The smallest absolute Gasteiger partial charge is 0.408 e. The number of amides is 1. The van der Waals surface area contributed by atoms with Gasteiger partial charge in [0.05, 0.1) is 14.2 Å². The zero-order valence-electron chi connectivity index (χ0n) is 24.1. The number of nitrogens with zero attached hydrogens (tertiary/aromatic N) is 1. The minimum absolute atomic E-state index is 0.126. The molecule has 4 atom stereocenters. The fraction of sp³-hybridized carbons (Fsp3) is 0.724.